The highest BCUT2D eigenvalue weighted by Crippen LogP contribution is 2.19. The molecule has 1 atom stereocenters. The van der Waals surface area contributed by atoms with Crippen LogP contribution < -0.4 is 10.6 Å². The van der Waals surface area contributed by atoms with E-state index in [1.807, 2.05) is 0 Å². The van der Waals surface area contributed by atoms with Gasteiger partial charge in [-0.05, 0) is 48.7 Å². The summed E-state index contributed by atoms with van der Waals surface area (Å²) in [5.74, 6) is -0.793. The fraction of sp³-hybridized carbons (Fsp3) is 0.364. The first-order chi connectivity index (χ1) is 13.5. The topological polar surface area (TPSA) is 61.4 Å². The highest BCUT2D eigenvalue weighted by Gasteiger charge is 2.20. The molecule has 0 fully saturated rings. The van der Waals surface area contributed by atoms with Crippen molar-refractivity contribution in [3.8, 4) is 0 Å². The highest BCUT2D eigenvalue weighted by atomic mass is 19.1. The van der Waals surface area contributed by atoms with E-state index in [1.165, 1.54) is 35.4 Å². The van der Waals surface area contributed by atoms with Gasteiger partial charge in [-0.15, -0.1) is 0 Å². The minimum absolute atomic E-state index is 0.0938. The number of hydrogen-bond donors (Lipinski definition) is 2. The molecule has 0 aliphatic carbocycles. The summed E-state index contributed by atoms with van der Waals surface area (Å²) in [5, 5.41) is 5.62. The summed E-state index contributed by atoms with van der Waals surface area (Å²) in [7, 11) is 0. The second kappa shape index (κ2) is 9.46. The van der Waals surface area contributed by atoms with Crippen molar-refractivity contribution in [2.75, 3.05) is 19.6 Å². The predicted octanol–water partition coefficient (Wildman–Crippen LogP) is 2.51. The first-order valence-electron chi connectivity index (χ1n) is 9.64. The number of nitrogens with one attached hydrogen (secondary N) is 2. The Morgan fingerprint density at radius 3 is 2.54 bits per heavy atom. The van der Waals surface area contributed by atoms with Gasteiger partial charge in [-0.1, -0.05) is 24.3 Å². The van der Waals surface area contributed by atoms with E-state index < -0.39 is 0 Å². The number of amides is 2. The molecule has 3 rings (SSSR count). The van der Waals surface area contributed by atoms with Crippen molar-refractivity contribution in [2.45, 2.75) is 32.4 Å². The van der Waals surface area contributed by atoms with Crippen LogP contribution in [0.4, 0.5) is 4.39 Å². The summed E-state index contributed by atoms with van der Waals surface area (Å²) in [5.41, 5.74) is 3.14. The van der Waals surface area contributed by atoms with Crippen molar-refractivity contribution in [1.82, 2.24) is 15.5 Å². The molecule has 0 radical (unpaired) electrons. The maximum atomic E-state index is 12.9. The Kier molecular flexibility index (Phi) is 6.76. The Balaban J connectivity index is 1.36. The van der Waals surface area contributed by atoms with Gasteiger partial charge in [0, 0.05) is 44.2 Å². The molecule has 5 nitrogen and oxygen atoms in total. The fourth-order valence-corrected chi connectivity index (χ4v) is 3.37. The van der Waals surface area contributed by atoms with E-state index in [9.17, 15) is 14.0 Å². The number of hydrogen-bond acceptors (Lipinski definition) is 3. The van der Waals surface area contributed by atoms with E-state index >= 15 is 0 Å². The molecule has 1 aliphatic heterocycles. The molecule has 148 valence electrons. The molecule has 0 spiro atoms. The number of fused-ring (bicyclic) bond motifs is 1. The van der Waals surface area contributed by atoms with Gasteiger partial charge in [0.25, 0.3) is 5.91 Å². The molecule has 28 heavy (non-hydrogen) atoms. The number of halogens is 1. The molecule has 1 heterocycles. The van der Waals surface area contributed by atoms with Gasteiger partial charge in [-0.25, -0.2) is 4.39 Å². The van der Waals surface area contributed by atoms with E-state index in [0.29, 0.717) is 12.1 Å². The maximum absolute atomic E-state index is 12.9. The zero-order valence-corrected chi connectivity index (χ0v) is 16.1. The SMILES string of the molecule is C[C@@H](CNC(=O)CCNC(=O)c1ccc(F)cc1)N1CCc2ccccc2C1. The fourth-order valence-electron chi connectivity index (χ4n) is 3.37. The van der Waals surface area contributed by atoms with Crippen LogP contribution in [0, 0.1) is 5.82 Å². The van der Waals surface area contributed by atoms with Crippen molar-refractivity contribution in [3.05, 3.63) is 71.0 Å². The standard InChI is InChI=1S/C22H26FN3O2/c1-16(26-13-11-17-4-2-3-5-19(17)15-26)14-25-21(27)10-12-24-22(28)18-6-8-20(23)9-7-18/h2-9,16H,10-15H2,1H3,(H,24,28)(H,25,27)/t16-/m0/s1. The molecule has 0 bridgehead atoms. The monoisotopic (exact) mass is 383 g/mol. The van der Waals surface area contributed by atoms with Crippen LogP contribution in [0.5, 0.6) is 0 Å². The van der Waals surface area contributed by atoms with Crippen LogP contribution in [0.3, 0.4) is 0 Å². The Bertz CT molecular complexity index is 823. The number of rotatable bonds is 7. The molecule has 6 heteroatoms. The van der Waals surface area contributed by atoms with Gasteiger partial charge in [0.15, 0.2) is 0 Å². The minimum Gasteiger partial charge on any atom is -0.354 e. The minimum atomic E-state index is -0.387. The molecule has 0 saturated carbocycles. The predicted molar refractivity (Wildman–Crippen MR) is 106 cm³/mol. The molecular weight excluding hydrogens is 357 g/mol. The lowest BCUT2D eigenvalue weighted by Gasteiger charge is -2.33. The van der Waals surface area contributed by atoms with Gasteiger partial charge in [0.05, 0.1) is 0 Å². The number of nitrogens with zero attached hydrogens (tertiary/aromatic N) is 1. The first kappa shape index (κ1) is 20.0. The molecular formula is C22H26FN3O2. The molecule has 2 aromatic carbocycles. The second-order valence-corrected chi connectivity index (χ2v) is 7.16. The average molecular weight is 383 g/mol. The normalized spacial score (nSPS) is 14.8. The third-order valence-electron chi connectivity index (χ3n) is 5.12. The first-order valence-corrected chi connectivity index (χ1v) is 9.64. The van der Waals surface area contributed by atoms with Crippen LogP contribution >= 0.6 is 0 Å². The van der Waals surface area contributed by atoms with Crippen molar-refractivity contribution in [3.63, 3.8) is 0 Å². The van der Waals surface area contributed by atoms with E-state index in [1.54, 1.807) is 0 Å². The number of carbonyl (C=O) groups is 2. The molecule has 0 aromatic heterocycles. The summed E-state index contributed by atoms with van der Waals surface area (Å²) in [6.07, 6.45) is 1.24. The van der Waals surface area contributed by atoms with E-state index in [2.05, 4.69) is 46.7 Å². The van der Waals surface area contributed by atoms with Gasteiger partial charge in [0.2, 0.25) is 5.91 Å². The Hall–Kier alpha value is -2.73. The van der Waals surface area contributed by atoms with Crippen LogP contribution in [-0.2, 0) is 17.8 Å². The Morgan fingerprint density at radius 2 is 1.79 bits per heavy atom. The quantitative estimate of drug-likeness (QED) is 0.772. The van der Waals surface area contributed by atoms with E-state index in [4.69, 9.17) is 0 Å². The van der Waals surface area contributed by atoms with Gasteiger partial charge >= 0.3 is 0 Å². The van der Waals surface area contributed by atoms with Gasteiger partial charge < -0.3 is 10.6 Å². The maximum Gasteiger partial charge on any atom is 0.251 e. The zero-order chi connectivity index (χ0) is 19.9. The van der Waals surface area contributed by atoms with Gasteiger partial charge in [0.1, 0.15) is 5.82 Å². The number of carbonyl (C=O) groups excluding carboxylic acids is 2. The summed E-state index contributed by atoms with van der Waals surface area (Å²) >= 11 is 0. The molecule has 0 saturated heterocycles. The second-order valence-electron chi connectivity index (χ2n) is 7.16. The molecule has 2 amide bonds. The lowest BCUT2D eigenvalue weighted by atomic mass is 9.99. The number of benzene rings is 2. The lowest BCUT2D eigenvalue weighted by molar-refractivity contribution is -0.121. The van der Waals surface area contributed by atoms with Crippen molar-refractivity contribution in [2.24, 2.45) is 0 Å². The third-order valence-corrected chi connectivity index (χ3v) is 5.12. The highest BCUT2D eigenvalue weighted by molar-refractivity contribution is 5.94. The van der Waals surface area contributed by atoms with Gasteiger partial charge in [-0.3, -0.25) is 14.5 Å². The van der Waals surface area contributed by atoms with E-state index in [0.717, 1.165) is 19.5 Å². The summed E-state index contributed by atoms with van der Waals surface area (Å²) in [6.45, 7) is 4.83. The van der Waals surface area contributed by atoms with Crippen LogP contribution in [0.25, 0.3) is 0 Å². The van der Waals surface area contributed by atoms with Crippen LogP contribution in [-0.4, -0.2) is 42.4 Å². The summed E-state index contributed by atoms with van der Waals surface area (Å²) in [6, 6.07) is 14.0. The van der Waals surface area contributed by atoms with Crippen LogP contribution in [0.2, 0.25) is 0 Å². The molecule has 0 unspecified atom stereocenters. The summed E-state index contributed by atoms with van der Waals surface area (Å²) in [4.78, 5) is 26.4. The third kappa shape index (κ3) is 5.39. The van der Waals surface area contributed by atoms with E-state index in [-0.39, 0.29) is 36.6 Å². The molecule has 2 aromatic rings. The largest absolute Gasteiger partial charge is 0.354 e. The molecule has 2 N–H and O–H groups in total. The average Bonchev–Trinajstić information content (AvgIpc) is 2.72. The Labute approximate surface area is 164 Å². The zero-order valence-electron chi connectivity index (χ0n) is 16.1. The van der Waals surface area contributed by atoms with Crippen molar-refractivity contribution in [1.29, 1.82) is 0 Å². The van der Waals surface area contributed by atoms with Crippen LogP contribution in [0.15, 0.2) is 48.5 Å². The summed E-state index contributed by atoms with van der Waals surface area (Å²) < 4.78 is 12.9. The van der Waals surface area contributed by atoms with Crippen LogP contribution in [0.1, 0.15) is 34.8 Å². The lowest BCUT2D eigenvalue weighted by Crippen LogP contribution is -2.44. The smallest absolute Gasteiger partial charge is 0.251 e. The Morgan fingerprint density at radius 1 is 1.07 bits per heavy atom. The van der Waals surface area contributed by atoms with Crippen molar-refractivity contribution < 1.29 is 14.0 Å². The van der Waals surface area contributed by atoms with Gasteiger partial charge in [-0.2, -0.15) is 0 Å². The van der Waals surface area contributed by atoms with Crippen molar-refractivity contribution >= 4 is 11.8 Å². The molecule has 1 aliphatic rings.